The minimum Gasteiger partial charge on any atom is -0.394 e. The second-order valence-electron chi connectivity index (χ2n) is 6.02. The summed E-state index contributed by atoms with van der Waals surface area (Å²) >= 11 is 0. The van der Waals surface area contributed by atoms with Gasteiger partial charge in [-0.3, -0.25) is 0 Å². The van der Waals surface area contributed by atoms with Crippen molar-refractivity contribution in [1.29, 1.82) is 0 Å². The summed E-state index contributed by atoms with van der Waals surface area (Å²) in [4.78, 5) is 0. The predicted octanol–water partition coefficient (Wildman–Crippen LogP) is 2.96. The third-order valence-corrected chi connectivity index (χ3v) is 4.53. The van der Waals surface area contributed by atoms with Crippen molar-refractivity contribution in [3.05, 3.63) is 35.4 Å². The van der Waals surface area contributed by atoms with Crippen LogP contribution in [-0.4, -0.2) is 17.3 Å². The number of hydrogen-bond donors (Lipinski definition) is 2. The van der Waals surface area contributed by atoms with Gasteiger partial charge in [0, 0.05) is 12.1 Å². The van der Waals surface area contributed by atoms with Crippen molar-refractivity contribution in [1.82, 2.24) is 5.32 Å². The highest BCUT2D eigenvalue weighted by atomic mass is 16.3. The van der Waals surface area contributed by atoms with Crippen LogP contribution in [-0.2, 0) is 6.54 Å². The Bertz CT molecular complexity index is 405. The van der Waals surface area contributed by atoms with Crippen LogP contribution in [0.2, 0.25) is 0 Å². The molecule has 0 amide bonds. The van der Waals surface area contributed by atoms with Gasteiger partial charge in [0.25, 0.3) is 0 Å². The maximum Gasteiger partial charge on any atom is 0.0613 e. The van der Waals surface area contributed by atoms with Gasteiger partial charge in [-0.1, -0.05) is 37.1 Å². The Morgan fingerprint density at radius 3 is 2.67 bits per heavy atom. The molecule has 98 valence electrons. The summed E-state index contributed by atoms with van der Waals surface area (Å²) < 4.78 is 0. The van der Waals surface area contributed by atoms with E-state index < -0.39 is 0 Å². The molecule has 0 atom stereocenters. The highest BCUT2D eigenvalue weighted by Gasteiger charge is 2.32. The van der Waals surface area contributed by atoms with Crippen LogP contribution in [0.5, 0.6) is 0 Å². The first kappa shape index (κ1) is 12.2. The van der Waals surface area contributed by atoms with Gasteiger partial charge in [0.15, 0.2) is 0 Å². The minimum atomic E-state index is -0.00438. The van der Waals surface area contributed by atoms with Crippen molar-refractivity contribution in [2.24, 2.45) is 0 Å². The fourth-order valence-electron chi connectivity index (χ4n) is 3.11. The number of aliphatic hydroxyl groups excluding tert-OH is 1. The first-order chi connectivity index (χ1) is 8.81. The van der Waals surface area contributed by atoms with Crippen LogP contribution in [0.3, 0.4) is 0 Å². The summed E-state index contributed by atoms with van der Waals surface area (Å²) in [7, 11) is 0. The molecule has 3 rings (SSSR count). The number of nitrogens with one attached hydrogen (secondary N) is 1. The molecule has 18 heavy (non-hydrogen) atoms. The number of aliphatic hydroxyl groups is 1. The van der Waals surface area contributed by atoms with Gasteiger partial charge >= 0.3 is 0 Å². The van der Waals surface area contributed by atoms with E-state index in [0.717, 1.165) is 25.3 Å². The van der Waals surface area contributed by atoms with Crippen molar-refractivity contribution in [2.75, 3.05) is 6.61 Å². The summed E-state index contributed by atoms with van der Waals surface area (Å²) in [5.41, 5.74) is 2.85. The van der Waals surface area contributed by atoms with Crippen LogP contribution in [0, 0.1) is 0 Å². The molecule has 1 aromatic carbocycles. The van der Waals surface area contributed by atoms with Crippen LogP contribution in [0.4, 0.5) is 0 Å². The third kappa shape index (κ3) is 2.60. The van der Waals surface area contributed by atoms with Crippen LogP contribution >= 0.6 is 0 Å². The van der Waals surface area contributed by atoms with Crippen molar-refractivity contribution in [2.45, 2.75) is 56.5 Å². The number of benzene rings is 1. The number of hydrogen-bond acceptors (Lipinski definition) is 2. The molecule has 2 heteroatoms. The van der Waals surface area contributed by atoms with Crippen molar-refractivity contribution in [3.8, 4) is 0 Å². The van der Waals surface area contributed by atoms with Crippen LogP contribution in [0.15, 0.2) is 24.3 Å². The number of rotatable bonds is 5. The molecule has 0 saturated heterocycles. The fraction of sp³-hybridized carbons (Fsp3) is 0.625. The maximum absolute atomic E-state index is 9.58. The lowest BCUT2D eigenvalue weighted by Crippen LogP contribution is -2.45. The van der Waals surface area contributed by atoms with Gasteiger partial charge in [-0.15, -0.1) is 0 Å². The second-order valence-corrected chi connectivity index (χ2v) is 6.02. The van der Waals surface area contributed by atoms with E-state index >= 15 is 0 Å². The first-order valence-electron chi connectivity index (χ1n) is 7.26. The summed E-state index contributed by atoms with van der Waals surface area (Å²) in [6, 6.07) is 8.95. The second kappa shape index (κ2) is 5.02. The van der Waals surface area contributed by atoms with Gasteiger partial charge < -0.3 is 10.4 Å². The van der Waals surface area contributed by atoms with E-state index in [9.17, 15) is 5.11 Å². The Balaban J connectivity index is 1.63. The average molecular weight is 245 g/mol. The molecule has 2 N–H and O–H groups in total. The fourth-order valence-corrected chi connectivity index (χ4v) is 3.11. The van der Waals surface area contributed by atoms with E-state index in [-0.39, 0.29) is 12.1 Å². The predicted molar refractivity (Wildman–Crippen MR) is 73.5 cm³/mol. The molecule has 0 bridgehead atoms. The lowest BCUT2D eigenvalue weighted by Gasteiger charge is -2.28. The van der Waals surface area contributed by atoms with Gasteiger partial charge in [0.05, 0.1) is 6.61 Å². The molecule has 2 nitrogen and oxygen atoms in total. The zero-order valence-corrected chi connectivity index (χ0v) is 11.0. The molecule has 0 aliphatic heterocycles. The minimum absolute atomic E-state index is 0.00438. The SMILES string of the molecule is OCC1(NCc2cccc(C3CC3)c2)CCCC1. The first-order valence-corrected chi connectivity index (χ1v) is 7.26. The van der Waals surface area contributed by atoms with Gasteiger partial charge in [0.2, 0.25) is 0 Å². The van der Waals surface area contributed by atoms with Crippen molar-refractivity contribution in [3.63, 3.8) is 0 Å². The Morgan fingerprint density at radius 1 is 1.22 bits per heavy atom. The van der Waals surface area contributed by atoms with E-state index in [1.54, 1.807) is 0 Å². The van der Waals surface area contributed by atoms with Crippen LogP contribution < -0.4 is 5.32 Å². The van der Waals surface area contributed by atoms with Crippen LogP contribution in [0.1, 0.15) is 55.6 Å². The summed E-state index contributed by atoms with van der Waals surface area (Å²) in [6.45, 7) is 1.16. The normalized spacial score (nSPS) is 22.3. The molecule has 0 aromatic heterocycles. The molecule has 0 unspecified atom stereocenters. The molecule has 1 aromatic rings. The largest absolute Gasteiger partial charge is 0.394 e. The van der Waals surface area contributed by atoms with E-state index in [2.05, 4.69) is 29.6 Å². The maximum atomic E-state index is 9.58. The summed E-state index contributed by atoms with van der Waals surface area (Å²) in [5, 5.41) is 13.2. The molecular formula is C16H23NO. The molecule has 2 aliphatic rings. The topological polar surface area (TPSA) is 32.3 Å². The lowest BCUT2D eigenvalue weighted by atomic mass is 9.98. The third-order valence-electron chi connectivity index (χ3n) is 4.53. The standard InChI is InChI=1S/C16H23NO/c18-12-16(8-1-2-9-16)17-11-13-4-3-5-15(10-13)14-6-7-14/h3-5,10,14,17-18H,1-2,6-9,11-12H2. The molecule has 0 spiro atoms. The van der Waals surface area contributed by atoms with Gasteiger partial charge in [-0.2, -0.15) is 0 Å². The monoisotopic (exact) mass is 245 g/mol. The van der Waals surface area contributed by atoms with Crippen molar-refractivity contribution >= 4 is 0 Å². The van der Waals surface area contributed by atoms with E-state index in [1.165, 1.54) is 36.8 Å². The van der Waals surface area contributed by atoms with E-state index in [1.807, 2.05) is 0 Å². The summed E-state index contributed by atoms with van der Waals surface area (Å²) in [5.74, 6) is 0.822. The summed E-state index contributed by atoms with van der Waals surface area (Å²) in [6.07, 6.45) is 7.44. The molecule has 0 heterocycles. The average Bonchev–Trinajstić information content (AvgIpc) is 3.17. The molecular weight excluding hydrogens is 222 g/mol. The Kier molecular flexibility index (Phi) is 3.40. The van der Waals surface area contributed by atoms with Gasteiger partial charge in [0.1, 0.15) is 0 Å². The highest BCUT2D eigenvalue weighted by Crippen LogP contribution is 2.40. The van der Waals surface area contributed by atoms with E-state index in [0.29, 0.717) is 0 Å². The molecule has 2 saturated carbocycles. The van der Waals surface area contributed by atoms with Gasteiger partial charge in [-0.05, 0) is 42.7 Å². The Hall–Kier alpha value is -0.860. The Morgan fingerprint density at radius 2 is 2.00 bits per heavy atom. The molecule has 2 fully saturated rings. The van der Waals surface area contributed by atoms with Crippen molar-refractivity contribution < 1.29 is 5.11 Å². The zero-order chi connectivity index (χ0) is 12.4. The molecule has 0 radical (unpaired) electrons. The quantitative estimate of drug-likeness (QED) is 0.836. The van der Waals surface area contributed by atoms with Crippen LogP contribution in [0.25, 0.3) is 0 Å². The molecule has 2 aliphatic carbocycles. The lowest BCUT2D eigenvalue weighted by molar-refractivity contribution is 0.163. The Labute approximate surface area is 109 Å². The highest BCUT2D eigenvalue weighted by molar-refractivity contribution is 5.29. The smallest absolute Gasteiger partial charge is 0.0613 e. The van der Waals surface area contributed by atoms with Gasteiger partial charge in [-0.25, -0.2) is 0 Å². The van der Waals surface area contributed by atoms with E-state index in [4.69, 9.17) is 0 Å². The zero-order valence-electron chi connectivity index (χ0n) is 11.0.